The minimum atomic E-state index is -0.977. The number of aliphatic hydroxyl groups excluding tert-OH is 1. The van der Waals surface area contributed by atoms with Gasteiger partial charge in [-0.15, -0.1) is 0 Å². The first-order valence-electron chi connectivity index (χ1n) is 5.94. The standard InChI is InChI=1S/C13H17F2NO2/c1-2-16-13(18)5-3-4-12(17)9-6-7-10(14)11(15)8-9/h6-8,12,17H,2-5H2,1H3,(H,16,18). The van der Waals surface area contributed by atoms with Crippen LogP contribution in [0.4, 0.5) is 8.78 Å². The second-order valence-electron chi connectivity index (χ2n) is 4.04. The van der Waals surface area contributed by atoms with Gasteiger partial charge in [-0.1, -0.05) is 6.07 Å². The van der Waals surface area contributed by atoms with Crippen molar-refractivity contribution in [1.82, 2.24) is 5.32 Å². The summed E-state index contributed by atoms with van der Waals surface area (Å²) in [4.78, 5) is 11.2. The summed E-state index contributed by atoms with van der Waals surface area (Å²) in [6.07, 6.45) is 0.262. The van der Waals surface area contributed by atoms with Crippen molar-refractivity contribution >= 4 is 5.91 Å². The molecule has 18 heavy (non-hydrogen) atoms. The summed E-state index contributed by atoms with van der Waals surface area (Å²) >= 11 is 0. The van der Waals surface area contributed by atoms with Crippen LogP contribution >= 0.6 is 0 Å². The molecule has 0 aromatic heterocycles. The molecule has 0 spiro atoms. The molecule has 0 aliphatic carbocycles. The van der Waals surface area contributed by atoms with Crippen molar-refractivity contribution in [1.29, 1.82) is 0 Å². The third-order valence-corrected chi connectivity index (χ3v) is 2.58. The summed E-state index contributed by atoms with van der Waals surface area (Å²) in [5, 5.41) is 12.4. The van der Waals surface area contributed by atoms with Gasteiger partial charge >= 0.3 is 0 Å². The minimum Gasteiger partial charge on any atom is -0.388 e. The molecule has 0 saturated heterocycles. The van der Waals surface area contributed by atoms with Gasteiger partial charge < -0.3 is 10.4 Å². The van der Waals surface area contributed by atoms with E-state index in [1.165, 1.54) is 6.07 Å². The molecule has 100 valence electrons. The van der Waals surface area contributed by atoms with Crippen molar-refractivity contribution in [3.63, 3.8) is 0 Å². The molecular formula is C13H17F2NO2. The van der Waals surface area contributed by atoms with Gasteiger partial charge in [0.15, 0.2) is 11.6 Å². The third-order valence-electron chi connectivity index (χ3n) is 2.58. The van der Waals surface area contributed by atoms with Crippen LogP contribution in [-0.4, -0.2) is 17.6 Å². The van der Waals surface area contributed by atoms with Crippen LogP contribution in [0.3, 0.4) is 0 Å². The molecule has 3 nitrogen and oxygen atoms in total. The Morgan fingerprint density at radius 1 is 1.39 bits per heavy atom. The number of hydrogen-bond acceptors (Lipinski definition) is 2. The van der Waals surface area contributed by atoms with Gasteiger partial charge in [-0.2, -0.15) is 0 Å². The zero-order chi connectivity index (χ0) is 13.5. The molecule has 1 amide bonds. The molecular weight excluding hydrogens is 240 g/mol. The number of amides is 1. The van der Waals surface area contributed by atoms with E-state index in [1.807, 2.05) is 6.92 Å². The Labute approximate surface area is 105 Å². The van der Waals surface area contributed by atoms with Crippen LogP contribution in [0.5, 0.6) is 0 Å². The van der Waals surface area contributed by atoms with Crippen LogP contribution in [0, 0.1) is 11.6 Å². The average molecular weight is 257 g/mol. The van der Waals surface area contributed by atoms with Crippen LogP contribution in [0.25, 0.3) is 0 Å². The lowest BCUT2D eigenvalue weighted by Gasteiger charge is -2.11. The molecule has 1 aromatic carbocycles. The highest BCUT2D eigenvalue weighted by molar-refractivity contribution is 5.75. The smallest absolute Gasteiger partial charge is 0.219 e. The van der Waals surface area contributed by atoms with Crippen LogP contribution in [-0.2, 0) is 4.79 Å². The summed E-state index contributed by atoms with van der Waals surface area (Å²) in [5.74, 6) is -1.99. The van der Waals surface area contributed by atoms with Crippen molar-refractivity contribution in [2.24, 2.45) is 0 Å². The van der Waals surface area contributed by atoms with E-state index >= 15 is 0 Å². The molecule has 1 atom stereocenters. The van der Waals surface area contributed by atoms with E-state index in [4.69, 9.17) is 0 Å². The molecule has 1 aromatic rings. The van der Waals surface area contributed by atoms with Gasteiger partial charge in [0.05, 0.1) is 6.10 Å². The van der Waals surface area contributed by atoms with Crippen molar-refractivity contribution in [3.8, 4) is 0 Å². The minimum absolute atomic E-state index is 0.0741. The van der Waals surface area contributed by atoms with E-state index in [1.54, 1.807) is 0 Å². The molecule has 0 aliphatic heterocycles. The van der Waals surface area contributed by atoms with Gasteiger partial charge in [0.2, 0.25) is 5.91 Å². The number of halogens is 2. The number of carbonyl (C=O) groups excluding carboxylic acids is 1. The first-order valence-corrected chi connectivity index (χ1v) is 5.94. The molecule has 5 heteroatoms. The van der Waals surface area contributed by atoms with Crippen LogP contribution in [0.1, 0.15) is 37.9 Å². The molecule has 1 unspecified atom stereocenters. The summed E-state index contributed by atoms with van der Waals surface area (Å²) in [5.41, 5.74) is 0.324. The molecule has 0 bridgehead atoms. The van der Waals surface area contributed by atoms with E-state index in [2.05, 4.69) is 5.32 Å². The van der Waals surface area contributed by atoms with Gasteiger partial charge in [-0.3, -0.25) is 4.79 Å². The van der Waals surface area contributed by atoms with Gasteiger partial charge in [0.1, 0.15) is 0 Å². The Bertz CT molecular complexity index is 410. The topological polar surface area (TPSA) is 49.3 Å². The summed E-state index contributed by atoms with van der Waals surface area (Å²) < 4.78 is 25.6. The Balaban J connectivity index is 2.43. The first-order chi connectivity index (χ1) is 8.54. The largest absolute Gasteiger partial charge is 0.388 e. The Morgan fingerprint density at radius 3 is 2.72 bits per heavy atom. The lowest BCUT2D eigenvalue weighted by molar-refractivity contribution is -0.121. The zero-order valence-electron chi connectivity index (χ0n) is 10.2. The van der Waals surface area contributed by atoms with Crippen molar-refractivity contribution in [2.45, 2.75) is 32.3 Å². The molecule has 0 aliphatic rings. The molecule has 1 rings (SSSR count). The second kappa shape index (κ2) is 7.06. The van der Waals surface area contributed by atoms with Crippen LogP contribution in [0.15, 0.2) is 18.2 Å². The van der Waals surface area contributed by atoms with E-state index in [0.29, 0.717) is 31.4 Å². The monoisotopic (exact) mass is 257 g/mol. The van der Waals surface area contributed by atoms with Crippen molar-refractivity contribution in [2.75, 3.05) is 6.54 Å². The molecule has 2 N–H and O–H groups in total. The predicted octanol–water partition coefficient (Wildman–Crippen LogP) is 2.30. The van der Waals surface area contributed by atoms with Gasteiger partial charge in [-0.25, -0.2) is 8.78 Å². The van der Waals surface area contributed by atoms with Crippen LogP contribution in [0.2, 0.25) is 0 Å². The number of nitrogens with one attached hydrogen (secondary N) is 1. The fraction of sp³-hybridized carbons (Fsp3) is 0.462. The van der Waals surface area contributed by atoms with Gasteiger partial charge in [-0.05, 0) is 37.5 Å². The SMILES string of the molecule is CCNC(=O)CCCC(O)c1ccc(F)c(F)c1. The van der Waals surface area contributed by atoms with Crippen molar-refractivity contribution < 1.29 is 18.7 Å². The van der Waals surface area contributed by atoms with Crippen LogP contribution < -0.4 is 5.32 Å². The van der Waals surface area contributed by atoms with Crippen molar-refractivity contribution in [3.05, 3.63) is 35.4 Å². The summed E-state index contributed by atoms with van der Waals surface area (Å²) in [6, 6.07) is 3.30. The van der Waals surface area contributed by atoms with Gasteiger partial charge in [0, 0.05) is 13.0 Å². The third kappa shape index (κ3) is 4.41. The number of aliphatic hydroxyl groups is 1. The van der Waals surface area contributed by atoms with E-state index in [0.717, 1.165) is 12.1 Å². The number of benzene rings is 1. The Hall–Kier alpha value is -1.49. The Morgan fingerprint density at radius 2 is 2.11 bits per heavy atom. The maximum Gasteiger partial charge on any atom is 0.219 e. The fourth-order valence-electron chi connectivity index (χ4n) is 1.63. The van der Waals surface area contributed by atoms with Gasteiger partial charge in [0.25, 0.3) is 0 Å². The summed E-state index contributed by atoms with van der Waals surface area (Å²) in [6.45, 7) is 2.40. The lowest BCUT2D eigenvalue weighted by atomic mass is 10.0. The molecule has 0 radical (unpaired) electrons. The number of carbonyl (C=O) groups is 1. The molecule has 0 heterocycles. The molecule has 0 saturated carbocycles. The maximum absolute atomic E-state index is 12.9. The zero-order valence-corrected chi connectivity index (χ0v) is 10.2. The number of hydrogen-bond donors (Lipinski definition) is 2. The average Bonchev–Trinajstić information content (AvgIpc) is 2.33. The maximum atomic E-state index is 12.9. The second-order valence-corrected chi connectivity index (χ2v) is 4.04. The van der Waals surface area contributed by atoms with E-state index in [-0.39, 0.29) is 5.91 Å². The number of rotatable bonds is 6. The quantitative estimate of drug-likeness (QED) is 0.821. The highest BCUT2D eigenvalue weighted by Gasteiger charge is 2.11. The lowest BCUT2D eigenvalue weighted by Crippen LogP contribution is -2.22. The summed E-state index contributed by atoms with van der Waals surface area (Å²) in [7, 11) is 0. The first kappa shape index (κ1) is 14.6. The molecule has 0 fully saturated rings. The highest BCUT2D eigenvalue weighted by atomic mass is 19.2. The van der Waals surface area contributed by atoms with E-state index < -0.39 is 17.7 Å². The predicted molar refractivity (Wildman–Crippen MR) is 63.9 cm³/mol. The normalized spacial score (nSPS) is 12.2. The fourth-order valence-corrected chi connectivity index (χ4v) is 1.63. The highest BCUT2D eigenvalue weighted by Crippen LogP contribution is 2.20. The van der Waals surface area contributed by atoms with E-state index in [9.17, 15) is 18.7 Å². The Kier molecular flexibility index (Phi) is 5.71.